The van der Waals surface area contributed by atoms with Gasteiger partial charge in [-0.15, -0.1) is 0 Å². The van der Waals surface area contributed by atoms with E-state index in [1.54, 1.807) is 0 Å². The molecule has 0 unspecified atom stereocenters. The molecule has 0 aliphatic heterocycles. The Morgan fingerprint density at radius 1 is 1.73 bits per heavy atom. The van der Waals surface area contributed by atoms with Gasteiger partial charge in [0.2, 0.25) is 0 Å². The Kier molecular flexibility index (Phi) is 1.29. The molecule has 0 spiro atoms. The van der Waals surface area contributed by atoms with Crippen molar-refractivity contribution in [2.75, 3.05) is 0 Å². The topological polar surface area (TPSA) is 43.8 Å². The van der Waals surface area contributed by atoms with Gasteiger partial charge in [-0.1, -0.05) is 0 Å². The van der Waals surface area contributed by atoms with E-state index in [4.69, 9.17) is 5.73 Å². The van der Waals surface area contributed by atoms with Gasteiger partial charge in [-0.25, -0.2) is 0 Å². The molecule has 0 radical (unpaired) electrons. The molecule has 0 bridgehead atoms. The third-order valence-corrected chi connectivity index (χ3v) is 2.31. The summed E-state index contributed by atoms with van der Waals surface area (Å²) in [5.74, 6) is 0. The molecule has 1 aromatic heterocycles. The molecule has 2 rings (SSSR count). The minimum atomic E-state index is -0.0352. The zero-order chi connectivity index (χ0) is 7.90. The van der Waals surface area contributed by atoms with Gasteiger partial charge < -0.3 is 5.73 Å². The van der Waals surface area contributed by atoms with Crippen molar-refractivity contribution >= 4 is 0 Å². The van der Waals surface area contributed by atoms with Crippen LogP contribution in [0.1, 0.15) is 25.5 Å². The number of nitrogens with zero attached hydrogens (tertiary/aromatic N) is 2. The Bertz CT molecular complexity index is 260. The number of hydrogen-bond donors (Lipinski definition) is 1. The Balaban J connectivity index is 2.36. The van der Waals surface area contributed by atoms with Crippen LogP contribution in [0, 0.1) is 0 Å². The maximum absolute atomic E-state index is 6.03. The van der Waals surface area contributed by atoms with Gasteiger partial charge in [-0.3, -0.25) is 4.68 Å². The van der Waals surface area contributed by atoms with Crippen LogP contribution < -0.4 is 5.73 Å². The number of aromatic nitrogens is 2. The molecule has 2 N–H and O–H groups in total. The van der Waals surface area contributed by atoms with E-state index in [-0.39, 0.29) is 5.54 Å². The summed E-state index contributed by atoms with van der Waals surface area (Å²) in [6.07, 6.45) is 4.04. The first-order chi connectivity index (χ1) is 5.26. The minimum absolute atomic E-state index is 0.0352. The van der Waals surface area contributed by atoms with E-state index >= 15 is 0 Å². The smallest absolute Gasteiger partial charge is 0.0582 e. The van der Waals surface area contributed by atoms with Crippen LogP contribution >= 0.6 is 0 Å². The molecule has 0 saturated heterocycles. The SMILES string of the molecule is CCn1nccc1C1(N)CC1. The summed E-state index contributed by atoms with van der Waals surface area (Å²) in [6.45, 7) is 3.00. The van der Waals surface area contributed by atoms with Crippen LogP contribution in [0.25, 0.3) is 0 Å². The van der Waals surface area contributed by atoms with E-state index in [1.807, 2.05) is 16.9 Å². The molecular weight excluding hydrogens is 138 g/mol. The molecule has 60 valence electrons. The largest absolute Gasteiger partial charge is 0.320 e. The van der Waals surface area contributed by atoms with Crippen molar-refractivity contribution in [3.63, 3.8) is 0 Å². The summed E-state index contributed by atoms with van der Waals surface area (Å²) in [6, 6.07) is 2.02. The van der Waals surface area contributed by atoms with Crippen LogP contribution in [0.4, 0.5) is 0 Å². The molecule has 0 aromatic carbocycles. The highest BCUT2D eigenvalue weighted by Crippen LogP contribution is 2.42. The van der Waals surface area contributed by atoms with Crippen molar-refractivity contribution in [1.82, 2.24) is 9.78 Å². The van der Waals surface area contributed by atoms with E-state index in [1.165, 1.54) is 5.69 Å². The first kappa shape index (κ1) is 6.85. The number of aryl methyl sites for hydroxylation is 1. The second-order valence-corrected chi connectivity index (χ2v) is 3.19. The fourth-order valence-electron chi connectivity index (χ4n) is 1.40. The molecule has 1 heterocycles. The highest BCUT2D eigenvalue weighted by atomic mass is 15.3. The van der Waals surface area contributed by atoms with Crippen molar-refractivity contribution in [3.8, 4) is 0 Å². The zero-order valence-corrected chi connectivity index (χ0v) is 6.75. The number of nitrogens with two attached hydrogens (primary N) is 1. The fraction of sp³-hybridized carbons (Fsp3) is 0.625. The average molecular weight is 151 g/mol. The van der Waals surface area contributed by atoms with Crippen molar-refractivity contribution in [3.05, 3.63) is 18.0 Å². The molecule has 1 aliphatic rings. The summed E-state index contributed by atoms with van der Waals surface area (Å²) in [5.41, 5.74) is 7.19. The maximum Gasteiger partial charge on any atom is 0.0582 e. The van der Waals surface area contributed by atoms with Crippen molar-refractivity contribution in [2.24, 2.45) is 5.73 Å². The normalized spacial score (nSPS) is 20.2. The molecular formula is C8H13N3. The van der Waals surface area contributed by atoms with Gasteiger partial charge in [0.05, 0.1) is 11.2 Å². The fourth-order valence-corrected chi connectivity index (χ4v) is 1.40. The summed E-state index contributed by atoms with van der Waals surface area (Å²) < 4.78 is 1.98. The Morgan fingerprint density at radius 3 is 3.00 bits per heavy atom. The highest BCUT2D eigenvalue weighted by molar-refractivity contribution is 5.21. The third kappa shape index (κ3) is 0.959. The Hall–Kier alpha value is -0.830. The zero-order valence-electron chi connectivity index (χ0n) is 6.75. The number of hydrogen-bond acceptors (Lipinski definition) is 2. The van der Waals surface area contributed by atoms with Crippen LogP contribution in [0.15, 0.2) is 12.3 Å². The molecule has 3 heteroatoms. The molecule has 1 fully saturated rings. The predicted octanol–water partition coefficient (Wildman–Crippen LogP) is 0.851. The van der Waals surface area contributed by atoms with E-state index in [0.29, 0.717) is 0 Å². The lowest BCUT2D eigenvalue weighted by Gasteiger charge is -2.09. The Labute approximate surface area is 66.2 Å². The lowest BCUT2D eigenvalue weighted by atomic mass is 10.2. The molecule has 11 heavy (non-hydrogen) atoms. The first-order valence-corrected chi connectivity index (χ1v) is 4.07. The molecule has 0 amide bonds. The van der Waals surface area contributed by atoms with Gasteiger partial charge in [0.25, 0.3) is 0 Å². The van der Waals surface area contributed by atoms with E-state index in [9.17, 15) is 0 Å². The Morgan fingerprint density at radius 2 is 2.45 bits per heavy atom. The predicted molar refractivity (Wildman–Crippen MR) is 43.0 cm³/mol. The minimum Gasteiger partial charge on any atom is -0.320 e. The van der Waals surface area contributed by atoms with Crippen molar-refractivity contribution < 1.29 is 0 Å². The second-order valence-electron chi connectivity index (χ2n) is 3.19. The second kappa shape index (κ2) is 2.08. The van der Waals surface area contributed by atoms with Gasteiger partial charge in [-0.2, -0.15) is 5.10 Å². The van der Waals surface area contributed by atoms with Crippen molar-refractivity contribution in [2.45, 2.75) is 31.8 Å². The molecule has 1 aromatic rings. The standard InChI is InChI=1S/C8H13N3/c1-2-11-7(3-6-10-11)8(9)4-5-8/h3,6H,2,4-5,9H2,1H3. The molecule has 3 nitrogen and oxygen atoms in total. The van der Waals surface area contributed by atoms with Crippen LogP contribution in [0.2, 0.25) is 0 Å². The van der Waals surface area contributed by atoms with E-state index in [0.717, 1.165) is 19.4 Å². The summed E-state index contributed by atoms with van der Waals surface area (Å²) in [4.78, 5) is 0. The lowest BCUT2D eigenvalue weighted by molar-refractivity contribution is 0.564. The van der Waals surface area contributed by atoms with Crippen LogP contribution in [-0.4, -0.2) is 9.78 Å². The van der Waals surface area contributed by atoms with Crippen molar-refractivity contribution in [1.29, 1.82) is 0 Å². The van der Waals surface area contributed by atoms with Gasteiger partial charge >= 0.3 is 0 Å². The third-order valence-electron chi connectivity index (χ3n) is 2.31. The van der Waals surface area contributed by atoms with E-state index < -0.39 is 0 Å². The highest BCUT2D eigenvalue weighted by Gasteiger charge is 2.42. The van der Waals surface area contributed by atoms with Gasteiger partial charge in [-0.05, 0) is 25.8 Å². The van der Waals surface area contributed by atoms with Crippen LogP contribution in [0.3, 0.4) is 0 Å². The molecule has 1 aliphatic carbocycles. The lowest BCUT2D eigenvalue weighted by Crippen LogP contribution is -2.23. The quantitative estimate of drug-likeness (QED) is 0.681. The van der Waals surface area contributed by atoms with E-state index in [2.05, 4.69) is 12.0 Å². The molecule has 0 atom stereocenters. The van der Waals surface area contributed by atoms with Gasteiger partial charge in [0.1, 0.15) is 0 Å². The molecule has 1 saturated carbocycles. The summed E-state index contributed by atoms with van der Waals surface area (Å²) in [5, 5.41) is 4.18. The summed E-state index contributed by atoms with van der Waals surface area (Å²) >= 11 is 0. The first-order valence-electron chi connectivity index (χ1n) is 4.07. The summed E-state index contributed by atoms with van der Waals surface area (Å²) in [7, 11) is 0. The monoisotopic (exact) mass is 151 g/mol. The number of rotatable bonds is 2. The maximum atomic E-state index is 6.03. The van der Waals surface area contributed by atoms with Crippen LogP contribution in [-0.2, 0) is 12.1 Å². The van der Waals surface area contributed by atoms with Gasteiger partial charge in [0.15, 0.2) is 0 Å². The average Bonchev–Trinajstić information content (AvgIpc) is 2.61. The van der Waals surface area contributed by atoms with Crippen LogP contribution in [0.5, 0.6) is 0 Å². The van der Waals surface area contributed by atoms with Gasteiger partial charge in [0, 0.05) is 12.7 Å².